The molecule has 2 aromatic rings. The molecule has 1 unspecified atom stereocenters. The van der Waals surface area contributed by atoms with Gasteiger partial charge in [-0.05, 0) is 12.1 Å². The van der Waals surface area contributed by atoms with Gasteiger partial charge in [-0.2, -0.15) is 0 Å². The van der Waals surface area contributed by atoms with Gasteiger partial charge in [0.2, 0.25) is 0 Å². The van der Waals surface area contributed by atoms with Crippen molar-refractivity contribution in [1.82, 2.24) is 19.6 Å². The lowest BCUT2D eigenvalue weighted by atomic mass is 10.2. The smallest absolute Gasteiger partial charge is 0.317 e. The molecule has 0 saturated carbocycles. The fourth-order valence-electron chi connectivity index (χ4n) is 2.11. The number of rotatable bonds is 6. The van der Waals surface area contributed by atoms with Crippen molar-refractivity contribution in [3.63, 3.8) is 0 Å². The van der Waals surface area contributed by atoms with Crippen LogP contribution in [0.3, 0.4) is 0 Å². The second-order valence-electron chi connectivity index (χ2n) is 5.30. The molecule has 0 radical (unpaired) electrons. The molecule has 0 aliphatic carbocycles. The van der Waals surface area contributed by atoms with Gasteiger partial charge in [-0.25, -0.2) is 9.78 Å². The summed E-state index contributed by atoms with van der Waals surface area (Å²) in [5, 5.41) is 11.6. The molecule has 7 heteroatoms. The Balaban J connectivity index is 1.80. The van der Waals surface area contributed by atoms with Gasteiger partial charge in [0.25, 0.3) is 0 Å². The van der Waals surface area contributed by atoms with E-state index in [2.05, 4.69) is 10.3 Å². The van der Waals surface area contributed by atoms with Crippen molar-refractivity contribution in [3.8, 4) is 0 Å². The van der Waals surface area contributed by atoms with Crippen LogP contribution in [0.2, 0.25) is 0 Å². The molecule has 0 aliphatic rings. The topological polar surface area (TPSA) is 86.9 Å². The summed E-state index contributed by atoms with van der Waals surface area (Å²) in [6.45, 7) is 2.20. The minimum Gasteiger partial charge on any atom is -0.481 e. The van der Waals surface area contributed by atoms with E-state index in [0.29, 0.717) is 13.0 Å². The second kappa shape index (κ2) is 6.93. The quantitative estimate of drug-likeness (QED) is 0.840. The Kier molecular flexibility index (Phi) is 4.98. The molecule has 2 aromatic heterocycles. The van der Waals surface area contributed by atoms with E-state index in [1.54, 1.807) is 14.0 Å². The minimum absolute atomic E-state index is 0.176. The Bertz CT molecular complexity index is 635. The number of aromatic nitrogens is 2. The number of carboxylic acid groups (broad SMARTS) is 1. The number of carbonyl (C=O) groups is 2. The van der Waals surface area contributed by atoms with Crippen LogP contribution in [0.25, 0.3) is 5.65 Å². The number of pyridine rings is 1. The Morgan fingerprint density at radius 1 is 1.45 bits per heavy atom. The zero-order valence-corrected chi connectivity index (χ0v) is 12.7. The zero-order chi connectivity index (χ0) is 16.1. The fourth-order valence-corrected chi connectivity index (χ4v) is 2.11. The number of amides is 2. The number of urea groups is 1. The molecule has 2 amide bonds. The molecule has 22 heavy (non-hydrogen) atoms. The normalized spacial score (nSPS) is 12.1. The van der Waals surface area contributed by atoms with Crippen LogP contribution in [0.5, 0.6) is 0 Å². The molecule has 1 atom stereocenters. The average molecular weight is 304 g/mol. The van der Waals surface area contributed by atoms with Gasteiger partial charge in [-0.1, -0.05) is 13.0 Å². The lowest BCUT2D eigenvalue weighted by Gasteiger charge is -2.19. The van der Waals surface area contributed by atoms with Gasteiger partial charge in [0.1, 0.15) is 5.65 Å². The molecule has 0 bridgehead atoms. The van der Waals surface area contributed by atoms with E-state index in [-0.39, 0.29) is 12.6 Å². The molecule has 0 fully saturated rings. The first-order chi connectivity index (χ1) is 10.5. The predicted octanol–water partition coefficient (Wildman–Crippen LogP) is 1.24. The number of nitrogens with zero attached hydrogens (tertiary/aromatic N) is 3. The molecular weight excluding hydrogens is 284 g/mol. The number of hydrogen-bond acceptors (Lipinski definition) is 3. The van der Waals surface area contributed by atoms with E-state index in [1.165, 1.54) is 4.90 Å². The Hall–Kier alpha value is -2.57. The van der Waals surface area contributed by atoms with Crippen molar-refractivity contribution in [2.24, 2.45) is 5.92 Å². The van der Waals surface area contributed by atoms with Crippen molar-refractivity contribution >= 4 is 17.6 Å². The molecule has 0 saturated heterocycles. The summed E-state index contributed by atoms with van der Waals surface area (Å²) in [5.41, 5.74) is 1.77. The largest absolute Gasteiger partial charge is 0.481 e. The molecule has 0 aliphatic heterocycles. The first kappa shape index (κ1) is 15.8. The lowest BCUT2D eigenvalue weighted by Crippen LogP contribution is -2.41. The van der Waals surface area contributed by atoms with Crippen molar-refractivity contribution < 1.29 is 14.7 Å². The van der Waals surface area contributed by atoms with Crippen LogP contribution in [0.4, 0.5) is 4.79 Å². The van der Waals surface area contributed by atoms with E-state index in [9.17, 15) is 9.59 Å². The third kappa shape index (κ3) is 3.97. The Labute approximate surface area is 128 Å². The summed E-state index contributed by atoms with van der Waals surface area (Å²) in [4.78, 5) is 28.5. The fraction of sp³-hybridized carbons (Fsp3) is 0.400. The zero-order valence-electron chi connectivity index (χ0n) is 12.7. The van der Waals surface area contributed by atoms with E-state index < -0.39 is 11.9 Å². The van der Waals surface area contributed by atoms with Gasteiger partial charge in [0, 0.05) is 39.0 Å². The van der Waals surface area contributed by atoms with Crippen LogP contribution in [0, 0.1) is 5.92 Å². The van der Waals surface area contributed by atoms with Gasteiger partial charge >= 0.3 is 12.0 Å². The lowest BCUT2D eigenvalue weighted by molar-refractivity contribution is -0.141. The van der Waals surface area contributed by atoms with Crippen LogP contribution < -0.4 is 5.32 Å². The van der Waals surface area contributed by atoms with Crippen molar-refractivity contribution in [2.75, 3.05) is 20.1 Å². The minimum atomic E-state index is -0.913. The van der Waals surface area contributed by atoms with E-state index >= 15 is 0 Å². The van der Waals surface area contributed by atoms with E-state index in [4.69, 9.17) is 5.11 Å². The molecular formula is C15H20N4O3. The number of aliphatic carboxylic acids is 1. The van der Waals surface area contributed by atoms with Crippen molar-refractivity contribution in [3.05, 3.63) is 36.3 Å². The summed E-state index contributed by atoms with van der Waals surface area (Å²) in [6, 6.07) is 5.49. The standard InChI is InChI=1S/C15H20N4O3/c1-11(14(20)21)9-18(2)15(22)16-7-6-12-10-19-8-4-3-5-13(19)17-12/h3-5,8,10-11H,6-7,9H2,1-2H3,(H,16,22)(H,20,21). The van der Waals surface area contributed by atoms with Crippen LogP contribution in [-0.2, 0) is 11.2 Å². The third-order valence-corrected chi connectivity index (χ3v) is 3.39. The Morgan fingerprint density at radius 2 is 2.23 bits per heavy atom. The molecule has 0 aromatic carbocycles. The number of carboxylic acids is 1. The number of carbonyl (C=O) groups excluding carboxylic acids is 1. The highest BCUT2D eigenvalue weighted by Crippen LogP contribution is 2.04. The molecule has 2 heterocycles. The van der Waals surface area contributed by atoms with E-state index in [0.717, 1.165) is 11.3 Å². The first-order valence-electron chi connectivity index (χ1n) is 7.11. The maximum absolute atomic E-state index is 11.9. The number of hydrogen-bond donors (Lipinski definition) is 2. The van der Waals surface area contributed by atoms with Gasteiger partial charge in [-0.15, -0.1) is 0 Å². The summed E-state index contributed by atoms with van der Waals surface area (Å²) in [6.07, 6.45) is 4.47. The number of imidazole rings is 1. The van der Waals surface area contributed by atoms with Gasteiger partial charge in [0.15, 0.2) is 0 Å². The molecule has 7 nitrogen and oxygen atoms in total. The van der Waals surface area contributed by atoms with Gasteiger partial charge in [0.05, 0.1) is 11.6 Å². The molecule has 118 valence electrons. The van der Waals surface area contributed by atoms with Gasteiger partial charge in [-0.3, -0.25) is 4.79 Å². The van der Waals surface area contributed by atoms with Crippen LogP contribution in [0.1, 0.15) is 12.6 Å². The van der Waals surface area contributed by atoms with Crippen LogP contribution >= 0.6 is 0 Å². The van der Waals surface area contributed by atoms with Crippen LogP contribution in [0.15, 0.2) is 30.6 Å². The average Bonchev–Trinajstić information content (AvgIpc) is 2.89. The SMILES string of the molecule is CC(CN(C)C(=O)NCCc1cn2ccccc2n1)C(=O)O. The Morgan fingerprint density at radius 3 is 2.91 bits per heavy atom. The first-order valence-corrected chi connectivity index (χ1v) is 7.11. The highest BCUT2D eigenvalue weighted by Gasteiger charge is 2.16. The molecule has 2 N–H and O–H groups in total. The maximum atomic E-state index is 11.9. The van der Waals surface area contributed by atoms with Crippen molar-refractivity contribution in [2.45, 2.75) is 13.3 Å². The summed E-state index contributed by atoms with van der Waals surface area (Å²) >= 11 is 0. The summed E-state index contributed by atoms with van der Waals surface area (Å²) in [5.74, 6) is -1.50. The number of fused-ring (bicyclic) bond motifs is 1. The molecule has 2 rings (SSSR count). The third-order valence-electron chi connectivity index (χ3n) is 3.39. The summed E-state index contributed by atoms with van der Waals surface area (Å²) < 4.78 is 1.93. The summed E-state index contributed by atoms with van der Waals surface area (Å²) in [7, 11) is 1.58. The highest BCUT2D eigenvalue weighted by atomic mass is 16.4. The van der Waals surface area contributed by atoms with Crippen molar-refractivity contribution in [1.29, 1.82) is 0 Å². The number of nitrogens with one attached hydrogen (secondary N) is 1. The maximum Gasteiger partial charge on any atom is 0.317 e. The molecule has 0 spiro atoms. The monoisotopic (exact) mass is 304 g/mol. The highest BCUT2D eigenvalue weighted by molar-refractivity contribution is 5.75. The second-order valence-corrected chi connectivity index (χ2v) is 5.30. The van der Waals surface area contributed by atoms with E-state index in [1.807, 2.05) is 35.0 Å². The van der Waals surface area contributed by atoms with Gasteiger partial charge < -0.3 is 19.7 Å². The van der Waals surface area contributed by atoms with Crippen LogP contribution in [-0.4, -0.2) is 51.5 Å². The predicted molar refractivity (Wildman–Crippen MR) is 81.7 cm³/mol.